The maximum Gasteiger partial charge on any atom is 0.256 e. The van der Waals surface area contributed by atoms with Crippen LogP contribution in [0.5, 0.6) is 0 Å². The number of nitrogens with one attached hydrogen (secondary N) is 1. The number of hydrogen-bond donors (Lipinski definition) is 1. The van der Waals surface area contributed by atoms with E-state index in [-0.39, 0.29) is 11.7 Å². The Labute approximate surface area is 163 Å². The molecule has 0 aliphatic carbocycles. The van der Waals surface area contributed by atoms with Crippen LogP contribution in [0.3, 0.4) is 0 Å². The summed E-state index contributed by atoms with van der Waals surface area (Å²) in [6.45, 7) is 3.59. The van der Waals surface area contributed by atoms with Crippen molar-refractivity contribution in [2.75, 3.05) is 32.7 Å². The minimum atomic E-state index is -0.160. The molecule has 1 aliphatic heterocycles. The van der Waals surface area contributed by atoms with E-state index in [0.717, 1.165) is 30.6 Å². The minimum absolute atomic E-state index is 0.0225. The average Bonchev–Trinajstić information content (AvgIpc) is 3.16. The standard InChI is InChI=1S/C22H21FN4O/c23-20-7-2-1-4-16(20)8-9-26-10-12-27(13-11-26)22(28)19-6-3-5-18-17(14-24)15-25-21(18)19/h1-7,15,25H,8-13H2. The van der Waals surface area contributed by atoms with Crippen LogP contribution in [0.2, 0.25) is 0 Å². The van der Waals surface area contributed by atoms with E-state index in [4.69, 9.17) is 0 Å². The first kappa shape index (κ1) is 18.2. The van der Waals surface area contributed by atoms with Gasteiger partial charge >= 0.3 is 0 Å². The van der Waals surface area contributed by atoms with Crippen LogP contribution < -0.4 is 0 Å². The lowest BCUT2D eigenvalue weighted by Crippen LogP contribution is -2.49. The smallest absolute Gasteiger partial charge is 0.256 e. The van der Waals surface area contributed by atoms with Crippen molar-refractivity contribution >= 4 is 16.8 Å². The second-order valence-corrected chi connectivity index (χ2v) is 7.02. The highest BCUT2D eigenvalue weighted by Gasteiger charge is 2.24. The summed E-state index contributed by atoms with van der Waals surface area (Å²) in [5.41, 5.74) is 2.58. The van der Waals surface area contributed by atoms with E-state index < -0.39 is 0 Å². The Morgan fingerprint density at radius 3 is 2.64 bits per heavy atom. The molecule has 28 heavy (non-hydrogen) atoms. The lowest BCUT2D eigenvalue weighted by molar-refractivity contribution is 0.0640. The highest BCUT2D eigenvalue weighted by atomic mass is 19.1. The van der Waals surface area contributed by atoms with Crippen LogP contribution in [0.4, 0.5) is 4.39 Å². The van der Waals surface area contributed by atoms with Crippen LogP contribution in [0.15, 0.2) is 48.7 Å². The van der Waals surface area contributed by atoms with Crippen molar-refractivity contribution in [3.05, 3.63) is 71.2 Å². The molecule has 1 saturated heterocycles. The third kappa shape index (κ3) is 3.49. The van der Waals surface area contributed by atoms with Gasteiger partial charge in [-0.05, 0) is 24.1 Å². The van der Waals surface area contributed by atoms with E-state index in [0.29, 0.717) is 36.2 Å². The summed E-state index contributed by atoms with van der Waals surface area (Å²) >= 11 is 0. The summed E-state index contributed by atoms with van der Waals surface area (Å²) in [5, 5.41) is 9.96. The summed E-state index contributed by atoms with van der Waals surface area (Å²) in [6.07, 6.45) is 2.31. The van der Waals surface area contributed by atoms with E-state index in [1.54, 1.807) is 18.3 Å². The van der Waals surface area contributed by atoms with Crippen molar-refractivity contribution in [1.29, 1.82) is 5.26 Å². The quantitative estimate of drug-likeness (QED) is 0.761. The van der Waals surface area contributed by atoms with Gasteiger partial charge in [0.1, 0.15) is 11.9 Å². The summed E-state index contributed by atoms with van der Waals surface area (Å²) in [7, 11) is 0. The first-order valence-electron chi connectivity index (χ1n) is 9.42. The Kier molecular flexibility index (Phi) is 5.09. The van der Waals surface area contributed by atoms with Gasteiger partial charge in [0.05, 0.1) is 16.6 Å². The van der Waals surface area contributed by atoms with Gasteiger partial charge in [-0.15, -0.1) is 0 Å². The predicted molar refractivity (Wildman–Crippen MR) is 105 cm³/mol. The van der Waals surface area contributed by atoms with Crippen LogP contribution in [-0.4, -0.2) is 53.4 Å². The number of para-hydroxylation sites is 1. The Morgan fingerprint density at radius 2 is 1.89 bits per heavy atom. The van der Waals surface area contributed by atoms with Crippen LogP contribution in [0.25, 0.3) is 10.9 Å². The van der Waals surface area contributed by atoms with Gasteiger partial charge in [0.25, 0.3) is 5.91 Å². The van der Waals surface area contributed by atoms with Gasteiger partial charge in [-0.2, -0.15) is 5.26 Å². The summed E-state index contributed by atoms with van der Waals surface area (Å²) in [5.74, 6) is -0.183. The van der Waals surface area contributed by atoms with Gasteiger partial charge in [-0.3, -0.25) is 9.69 Å². The molecular formula is C22H21FN4O. The molecule has 0 unspecified atom stereocenters. The SMILES string of the molecule is N#Cc1c[nH]c2c(C(=O)N3CCN(CCc4ccccc4F)CC3)cccc12. The van der Waals surface area contributed by atoms with Crippen molar-refractivity contribution in [1.82, 2.24) is 14.8 Å². The molecule has 142 valence electrons. The molecule has 0 spiro atoms. The molecule has 6 heteroatoms. The highest BCUT2D eigenvalue weighted by molar-refractivity contribution is 6.06. The first-order valence-corrected chi connectivity index (χ1v) is 9.42. The number of nitrogens with zero attached hydrogens (tertiary/aromatic N) is 3. The molecule has 0 saturated carbocycles. The maximum atomic E-state index is 13.8. The van der Waals surface area contributed by atoms with E-state index in [1.165, 1.54) is 6.07 Å². The van der Waals surface area contributed by atoms with Gasteiger partial charge < -0.3 is 9.88 Å². The average molecular weight is 376 g/mol. The number of H-pyrrole nitrogens is 1. The fourth-order valence-corrected chi connectivity index (χ4v) is 3.75. The number of carbonyl (C=O) groups is 1. The zero-order valence-corrected chi connectivity index (χ0v) is 15.5. The van der Waals surface area contributed by atoms with Crippen molar-refractivity contribution in [3.8, 4) is 6.07 Å². The molecule has 0 radical (unpaired) electrons. The number of amides is 1. The van der Waals surface area contributed by atoms with Crippen LogP contribution in [0, 0.1) is 17.1 Å². The summed E-state index contributed by atoms with van der Waals surface area (Å²) in [4.78, 5) is 20.2. The molecule has 3 aromatic rings. The molecular weight excluding hydrogens is 355 g/mol. The van der Waals surface area contributed by atoms with Crippen molar-refractivity contribution in [2.24, 2.45) is 0 Å². The van der Waals surface area contributed by atoms with Crippen LogP contribution in [-0.2, 0) is 6.42 Å². The van der Waals surface area contributed by atoms with E-state index in [2.05, 4.69) is 16.0 Å². The fourth-order valence-electron chi connectivity index (χ4n) is 3.75. The molecule has 1 fully saturated rings. The Bertz CT molecular complexity index is 1040. The third-order valence-corrected chi connectivity index (χ3v) is 5.38. The van der Waals surface area contributed by atoms with Crippen molar-refractivity contribution < 1.29 is 9.18 Å². The molecule has 1 aromatic heterocycles. The first-order chi connectivity index (χ1) is 13.7. The number of aromatic amines is 1. The Balaban J connectivity index is 1.39. The number of halogens is 1. The Hall–Kier alpha value is -3.17. The third-order valence-electron chi connectivity index (χ3n) is 5.38. The number of rotatable bonds is 4. The number of piperazine rings is 1. The van der Waals surface area contributed by atoms with E-state index in [1.807, 2.05) is 29.2 Å². The van der Waals surface area contributed by atoms with Gasteiger partial charge in [-0.25, -0.2) is 4.39 Å². The second-order valence-electron chi connectivity index (χ2n) is 7.02. The largest absolute Gasteiger partial charge is 0.359 e. The number of hydrogen-bond acceptors (Lipinski definition) is 3. The summed E-state index contributed by atoms with van der Waals surface area (Å²) < 4.78 is 13.8. The molecule has 1 aliphatic rings. The number of benzene rings is 2. The Morgan fingerprint density at radius 1 is 1.11 bits per heavy atom. The number of nitriles is 1. The molecule has 4 rings (SSSR count). The van der Waals surface area contributed by atoms with E-state index in [9.17, 15) is 14.4 Å². The van der Waals surface area contributed by atoms with Crippen molar-refractivity contribution in [3.63, 3.8) is 0 Å². The minimum Gasteiger partial charge on any atom is -0.359 e. The molecule has 5 nitrogen and oxygen atoms in total. The van der Waals surface area contributed by atoms with Crippen LogP contribution >= 0.6 is 0 Å². The highest BCUT2D eigenvalue weighted by Crippen LogP contribution is 2.23. The van der Waals surface area contributed by atoms with Gasteiger partial charge in [0.15, 0.2) is 0 Å². The topological polar surface area (TPSA) is 63.1 Å². The van der Waals surface area contributed by atoms with Gasteiger partial charge in [-0.1, -0.05) is 30.3 Å². The van der Waals surface area contributed by atoms with Gasteiger partial charge in [0.2, 0.25) is 0 Å². The maximum absolute atomic E-state index is 13.8. The second kappa shape index (κ2) is 7.83. The van der Waals surface area contributed by atoms with Crippen LogP contribution in [0.1, 0.15) is 21.5 Å². The molecule has 2 heterocycles. The molecule has 1 N–H and O–H groups in total. The lowest BCUT2D eigenvalue weighted by Gasteiger charge is -2.34. The fraction of sp³-hybridized carbons (Fsp3) is 0.273. The molecule has 0 bridgehead atoms. The number of fused-ring (bicyclic) bond motifs is 1. The lowest BCUT2D eigenvalue weighted by atomic mass is 10.1. The van der Waals surface area contributed by atoms with Crippen molar-refractivity contribution in [2.45, 2.75) is 6.42 Å². The number of carbonyl (C=O) groups excluding carboxylic acids is 1. The predicted octanol–water partition coefficient (Wildman–Crippen LogP) is 3.18. The molecule has 2 aromatic carbocycles. The van der Waals surface area contributed by atoms with Gasteiger partial charge in [0, 0.05) is 44.3 Å². The summed E-state index contributed by atoms with van der Waals surface area (Å²) in [6, 6.07) is 14.5. The zero-order chi connectivity index (χ0) is 19.5. The monoisotopic (exact) mass is 376 g/mol. The normalized spacial score (nSPS) is 14.9. The molecule has 1 amide bonds. The zero-order valence-electron chi connectivity index (χ0n) is 15.5. The molecule has 0 atom stereocenters. The van der Waals surface area contributed by atoms with E-state index >= 15 is 0 Å². The number of aromatic nitrogens is 1.